The largest absolute Gasteiger partial charge is 0.454 e. The summed E-state index contributed by atoms with van der Waals surface area (Å²) in [6.07, 6.45) is 1.57. The lowest BCUT2D eigenvalue weighted by atomic mass is 9.84. The third kappa shape index (κ3) is 2.91. The summed E-state index contributed by atoms with van der Waals surface area (Å²) in [5.41, 5.74) is 3.22. The quantitative estimate of drug-likeness (QED) is 0.316. The van der Waals surface area contributed by atoms with E-state index in [1.54, 1.807) is 16.9 Å². The first-order valence-corrected chi connectivity index (χ1v) is 11.7. The van der Waals surface area contributed by atoms with Crippen LogP contribution in [0.15, 0.2) is 88.3 Å². The molecule has 0 saturated heterocycles. The highest BCUT2D eigenvalue weighted by molar-refractivity contribution is 5.87. The molecule has 0 saturated carbocycles. The molecular weight excluding hydrogens is 472 g/mol. The van der Waals surface area contributed by atoms with Crippen molar-refractivity contribution in [1.29, 1.82) is 0 Å². The van der Waals surface area contributed by atoms with Gasteiger partial charge in [0.05, 0.1) is 22.4 Å². The molecule has 37 heavy (non-hydrogen) atoms. The molecule has 8 rings (SSSR count). The molecule has 5 heterocycles. The number of hydrogen-bond acceptors (Lipinski definition) is 8. The average molecular weight is 488 g/mol. The molecule has 178 valence electrons. The van der Waals surface area contributed by atoms with Gasteiger partial charge in [0.1, 0.15) is 11.9 Å². The molecular formula is C28H16N4O5. The van der Waals surface area contributed by atoms with E-state index < -0.39 is 11.5 Å². The summed E-state index contributed by atoms with van der Waals surface area (Å²) in [4.78, 5) is 22.9. The van der Waals surface area contributed by atoms with Crippen molar-refractivity contribution in [1.82, 2.24) is 19.6 Å². The molecule has 0 radical (unpaired) electrons. The van der Waals surface area contributed by atoms with Gasteiger partial charge >= 0.3 is 5.63 Å². The van der Waals surface area contributed by atoms with Crippen LogP contribution in [0.5, 0.6) is 23.1 Å². The van der Waals surface area contributed by atoms with E-state index in [0.717, 1.165) is 11.1 Å². The second-order valence-corrected chi connectivity index (χ2v) is 8.81. The van der Waals surface area contributed by atoms with Gasteiger partial charge in [-0.05, 0) is 35.9 Å². The third-order valence-corrected chi connectivity index (χ3v) is 6.73. The lowest BCUT2D eigenvalue weighted by Crippen LogP contribution is -2.22. The predicted octanol–water partition coefficient (Wildman–Crippen LogP) is 4.91. The Bertz CT molecular complexity index is 1930. The minimum absolute atomic E-state index is 0.182. The summed E-state index contributed by atoms with van der Waals surface area (Å²) >= 11 is 0. The van der Waals surface area contributed by atoms with E-state index in [4.69, 9.17) is 23.6 Å². The van der Waals surface area contributed by atoms with Crippen molar-refractivity contribution < 1.29 is 18.6 Å². The average Bonchev–Trinajstić information content (AvgIpc) is 3.59. The van der Waals surface area contributed by atoms with E-state index in [0.29, 0.717) is 56.7 Å². The van der Waals surface area contributed by atoms with E-state index in [2.05, 4.69) is 10.1 Å². The fourth-order valence-corrected chi connectivity index (χ4v) is 5.07. The van der Waals surface area contributed by atoms with Gasteiger partial charge in [0, 0.05) is 5.56 Å². The molecule has 0 N–H and O–H groups in total. The van der Waals surface area contributed by atoms with Crippen molar-refractivity contribution in [3.63, 3.8) is 0 Å². The second kappa shape index (κ2) is 7.41. The maximum atomic E-state index is 13.4. The first-order chi connectivity index (χ1) is 18.2. The van der Waals surface area contributed by atoms with Crippen molar-refractivity contribution in [3.05, 3.63) is 106 Å². The standard InChI is InChI=1S/C28H16N4O5/c33-28-22-21(15-6-2-1-3-7-15)23-26-30-25(16-10-11-19-20(12-16)35-14-34-19)31-32(26)13-29-27(23)37-24(22)17-8-4-5-9-18(17)36-28/h1-13,21H,14H2. The van der Waals surface area contributed by atoms with Crippen molar-refractivity contribution in [2.75, 3.05) is 6.79 Å². The maximum Gasteiger partial charge on any atom is 0.344 e. The van der Waals surface area contributed by atoms with Crippen LogP contribution in [0, 0.1) is 0 Å². The van der Waals surface area contributed by atoms with E-state index in [-0.39, 0.29) is 6.79 Å². The first-order valence-electron chi connectivity index (χ1n) is 11.7. The zero-order chi connectivity index (χ0) is 24.5. The molecule has 9 nitrogen and oxygen atoms in total. The van der Waals surface area contributed by atoms with Crippen LogP contribution in [0.25, 0.3) is 28.0 Å². The minimum atomic E-state index is -0.522. The van der Waals surface area contributed by atoms with Gasteiger partial charge in [-0.15, -0.1) is 5.10 Å². The van der Waals surface area contributed by atoms with Crippen molar-refractivity contribution >= 4 is 16.6 Å². The first kappa shape index (κ1) is 20.1. The Balaban J connectivity index is 1.40. The van der Waals surface area contributed by atoms with Gasteiger partial charge in [-0.3, -0.25) is 0 Å². The summed E-state index contributed by atoms with van der Waals surface area (Å²) in [5.74, 6) is 2.09. The molecule has 1 unspecified atom stereocenters. The summed E-state index contributed by atoms with van der Waals surface area (Å²) in [5, 5.41) is 5.36. The fraction of sp³-hybridized carbons (Fsp3) is 0.0714. The molecule has 3 aromatic heterocycles. The number of rotatable bonds is 2. The Morgan fingerprint density at radius 1 is 0.892 bits per heavy atom. The summed E-state index contributed by atoms with van der Waals surface area (Å²) in [6.45, 7) is 0.182. The molecule has 1 atom stereocenters. The lowest BCUT2D eigenvalue weighted by molar-refractivity contribution is 0.174. The van der Waals surface area contributed by atoms with Gasteiger partial charge in [0.2, 0.25) is 12.7 Å². The summed E-state index contributed by atoms with van der Waals surface area (Å²) in [6, 6.07) is 22.6. The Labute approximate surface area is 208 Å². The highest BCUT2D eigenvalue weighted by atomic mass is 16.7. The number of nitrogens with zero attached hydrogens (tertiary/aromatic N) is 4. The Hall–Kier alpha value is -5.18. The molecule has 9 heteroatoms. The van der Waals surface area contributed by atoms with Gasteiger partial charge < -0.3 is 18.6 Å². The van der Waals surface area contributed by atoms with Gasteiger partial charge in [0.25, 0.3) is 0 Å². The van der Waals surface area contributed by atoms with Crippen LogP contribution < -0.4 is 19.8 Å². The topological polar surface area (TPSA) is 101 Å². The van der Waals surface area contributed by atoms with Crippen LogP contribution in [0.1, 0.15) is 22.6 Å². The van der Waals surface area contributed by atoms with E-state index in [1.807, 2.05) is 66.7 Å². The summed E-state index contributed by atoms with van der Waals surface area (Å²) < 4.78 is 24.6. The van der Waals surface area contributed by atoms with Crippen LogP contribution in [0.3, 0.4) is 0 Å². The van der Waals surface area contributed by atoms with E-state index in [9.17, 15) is 4.79 Å². The second-order valence-electron chi connectivity index (χ2n) is 8.81. The van der Waals surface area contributed by atoms with Crippen LogP contribution in [-0.2, 0) is 0 Å². The Kier molecular flexibility index (Phi) is 4.02. The molecule has 2 aliphatic heterocycles. The van der Waals surface area contributed by atoms with Crippen LogP contribution in [0.2, 0.25) is 0 Å². The molecule has 0 amide bonds. The van der Waals surface area contributed by atoms with E-state index in [1.165, 1.54) is 0 Å². The highest BCUT2D eigenvalue weighted by Gasteiger charge is 2.37. The number of fused-ring (bicyclic) bond motifs is 7. The normalized spacial score (nSPS) is 15.4. The molecule has 6 aromatic rings. The monoisotopic (exact) mass is 488 g/mol. The van der Waals surface area contributed by atoms with Gasteiger partial charge in [0.15, 0.2) is 28.7 Å². The molecule has 0 spiro atoms. The zero-order valence-corrected chi connectivity index (χ0v) is 19.1. The molecule has 0 aliphatic carbocycles. The predicted molar refractivity (Wildman–Crippen MR) is 132 cm³/mol. The van der Waals surface area contributed by atoms with Crippen LogP contribution in [-0.4, -0.2) is 26.4 Å². The Morgan fingerprint density at radius 2 is 1.73 bits per heavy atom. The van der Waals surface area contributed by atoms with Crippen molar-refractivity contribution in [2.24, 2.45) is 0 Å². The fourth-order valence-electron chi connectivity index (χ4n) is 5.07. The highest BCUT2D eigenvalue weighted by Crippen LogP contribution is 2.48. The number of ether oxygens (including phenoxy) is 3. The van der Waals surface area contributed by atoms with Gasteiger partial charge in [-0.2, -0.15) is 0 Å². The van der Waals surface area contributed by atoms with Crippen LogP contribution >= 0.6 is 0 Å². The van der Waals surface area contributed by atoms with E-state index >= 15 is 0 Å². The minimum Gasteiger partial charge on any atom is -0.454 e. The van der Waals surface area contributed by atoms with Gasteiger partial charge in [-0.1, -0.05) is 42.5 Å². The summed E-state index contributed by atoms with van der Waals surface area (Å²) in [7, 11) is 0. The molecule has 0 bridgehead atoms. The number of hydrogen-bond donors (Lipinski definition) is 0. The van der Waals surface area contributed by atoms with Crippen LogP contribution in [0.4, 0.5) is 0 Å². The SMILES string of the molecule is O=c1oc2ccccc2c2c1C(c1ccccc1)c1c(ncn3nc(-c4ccc5c(c4)OCO5)nc13)O2. The smallest absolute Gasteiger partial charge is 0.344 e. The number of aromatic nitrogens is 4. The maximum absolute atomic E-state index is 13.4. The molecule has 0 fully saturated rings. The zero-order valence-electron chi connectivity index (χ0n) is 19.1. The third-order valence-electron chi connectivity index (χ3n) is 6.73. The number of benzene rings is 3. The lowest BCUT2D eigenvalue weighted by Gasteiger charge is -2.27. The molecule has 2 aliphatic rings. The molecule has 3 aromatic carbocycles. The van der Waals surface area contributed by atoms with Crippen molar-refractivity contribution in [3.8, 4) is 34.5 Å². The number of para-hydroxylation sites is 1. The Morgan fingerprint density at radius 3 is 2.65 bits per heavy atom. The van der Waals surface area contributed by atoms with Gasteiger partial charge in [-0.25, -0.2) is 19.3 Å². The van der Waals surface area contributed by atoms with Crippen molar-refractivity contribution in [2.45, 2.75) is 5.92 Å².